The van der Waals surface area contributed by atoms with Crippen molar-refractivity contribution in [1.82, 2.24) is 9.47 Å². The van der Waals surface area contributed by atoms with Crippen molar-refractivity contribution in [2.24, 2.45) is 13.0 Å². The van der Waals surface area contributed by atoms with Gasteiger partial charge in [-0.25, -0.2) is 0 Å². The van der Waals surface area contributed by atoms with Gasteiger partial charge in [0.25, 0.3) is 0 Å². The molecular weight excluding hydrogens is 236 g/mol. The van der Waals surface area contributed by atoms with Crippen molar-refractivity contribution in [2.45, 2.75) is 39.5 Å². The minimum atomic E-state index is 0.252. The number of Topliss-reactive ketones (excluding diaryl/α,β-unsaturated/α-hetero) is 1. The van der Waals surface area contributed by atoms with Crippen LogP contribution in [0.15, 0.2) is 6.07 Å². The SMILES string of the molecule is Cc1cc(C(=O)CN(C)CC2CCCC2)c(C)n1C. The van der Waals surface area contributed by atoms with Crippen molar-refractivity contribution < 1.29 is 4.79 Å². The maximum Gasteiger partial charge on any atom is 0.178 e. The summed E-state index contributed by atoms with van der Waals surface area (Å²) in [5.41, 5.74) is 3.12. The van der Waals surface area contributed by atoms with Gasteiger partial charge < -0.3 is 4.57 Å². The molecule has 1 aliphatic carbocycles. The van der Waals surface area contributed by atoms with E-state index in [1.165, 1.54) is 25.7 Å². The molecule has 19 heavy (non-hydrogen) atoms. The normalized spacial score (nSPS) is 16.5. The molecule has 1 aromatic rings. The van der Waals surface area contributed by atoms with E-state index >= 15 is 0 Å². The molecule has 0 radical (unpaired) electrons. The largest absolute Gasteiger partial charge is 0.351 e. The van der Waals surface area contributed by atoms with Crippen LogP contribution in [-0.2, 0) is 7.05 Å². The molecule has 0 aromatic carbocycles. The van der Waals surface area contributed by atoms with E-state index in [0.29, 0.717) is 6.54 Å². The smallest absolute Gasteiger partial charge is 0.178 e. The molecule has 0 bridgehead atoms. The van der Waals surface area contributed by atoms with Gasteiger partial charge in [0, 0.05) is 30.5 Å². The first-order valence-electron chi connectivity index (χ1n) is 7.33. The first-order chi connectivity index (χ1) is 8.99. The van der Waals surface area contributed by atoms with Crippen LogP contribution in [0.3, 0.4) is 0 Å². The molecule has 106 valence electrons. The van der Waals surface area contributed by atoms with E-state index in [0.717, 1.165) is 29.4 Å². The Morgan fingerprint density at radius 1 is 1.37 bits per heavy atom. The van der Waals surface area contributed by atoms with Crippen LogP contribution in [0.2, 0.25) is 0 Å². The van der Waals surface area contributed by atoms with Gasteiger partial charge in [-0.2, -0.15) is 0 Å². The highest BCUT2D eigenvalue weighted by atomic mass is 16.1. The molecule has 0 N–H and O–H groups in total. The summed E-state index contributed by atoms with van der Waals surface area (Å²) in [6.45, 7) is 5.68. The summed E-state index contributed by atoms with van der Waals surface area (Å²) >= 11 is 0. The molecule has 0 saturated heterocycles. The number of hydrogen-bond acceptors (Lipinski definition) is 2. The molecule has 0 aliphatic heterocycles. The molecular formula is C16H26N2O. The van der Waals surface area contributed by atoms with E-state index in [9.17, 15) is 4.79 Å². The molecule has 1 aliphatic rings. The van der Waals surface area contributed by atoms with E-state index < -0.39 is 0 Å². The Labute approximate surface area is 116 Å². The fourth-order valence-corrected chi connectivity index (χ4v) is 3.17. The molecule has 1 heterocycles. The highest BCUT2D eigenvalue weighted by molar-refractivity contribution is 5.99. The number of ketones is 1. The zero-order valence-electron chi connectivity index (χ0n) is 12.7. The number of carbonyl (C=O) groups excluding carboxylic acids is 1. The Morgan fingerprint density at radius 2 is 2.00 bits per heavy atom. The van der Waals surface area contributed by atoms with E-state index in [1.807, 2.05) is 27.0 Å². The van der Waals surface area contributed by atoms with Crippen LogP contribution in [0.4, 0.5) is 0 Å². The van der Waals surface area contributed by atoms with Gasteiger partial charge in [-0.1, -0.05) is 12.8 Å². The lowest BCUT2D eigenvalue weighted by atomic mass is 10.1. The van der Waals surface area contributed by atoms with Gasteiger partial charge in [0.1, 0.15) is 0 Å². The molecule has 1 saturated carbocycles. The molecule has 0 spiro atoms. The Morgan fingerprint density at radius 3 is 2.53 bits per heavy atom. The van der Waals surface area contributed by atoms with Gasteiger partial charge in [0.05, 0.1) is 6.54 Å². The van der Waals surface area contributed by atoms with Gasteiger partial charge in [0.2, 0.25) is 0 Å². The van der Waals surface area contributed by atoms with E-state index in [4.69, 9.17) is 0 Å². The third kappa shape index (κ3) is 3.27. The summed E-state index contributed by atoms with van der Waals surface area (Å²) < 4.78 is 2.09. The van der Waals surface area contributed by atoms with Crippen molar-refractivity contribution in [3.8, 4) is 0 Å². The van der Waals surface area contributed by atoms with Crippen LogP contribution in [0, 0.1) is 19.8 Å². The van der Waals surface area contributed by atoms with Crippen molar-refractivity contribution >= 4 is 5.78 Å². The Bertz CT molecular complexity index is 456. The maximum absolute atomic E-state index is 12.4. The Hall–Kier alpha value is -1.09. The number of carbonyl (C=O) groups is 1. The van der Waals surface area contributed by atoms with Gasteiger partial charge in [-0.3, -0.25) is 9.69 Å². The highest BCUT2D eigenvalue weighted by Crippen LogP contribution is 2.25. The second-order valence-corrected chi connectivity index (χ2v) is 6.11. The fourth-order valence-electron chi connectivity index (χ4n) is 3.17. The molecule has 1 aromatic heterocycles. The van der Waals surface area contributed by atoms with Crippen LogP contribution in [-0.4, -0.2) is 35.4 Å². The summed E-state index contributed by atoms with van der Waals surface area (Å²) in [7, 11) is 4.09. The van der Waals surface area contributed by atoms with Crippen LogP contribution in [0.25, 0.3) is 0 Å². The molecule has 0 unspecified atom stereocenters. The Balaban J connectivity index is 1.94. The summed E-state index contributed by atoms with van der Waals surface area (Å²) in [5.74, 6) is 1.05. The lowest BCUT2D eigenvalue weighted by Gasteiger charge is -2.19. The third-order valence-electron chi connectivity index (χ3n) is 4.53. The topological polar surface area (TPSA) is 25.2 Å². The number of hydrogen-bond donors (Lipinski definition) is 0. The van der Waals surface area contributed by atoms with Gasteiger partial charge in [-0.15, -0.1) is 0 Å². The van der Waals surface area contributed by atoms with Crippen LogP contribution in [0.5, 0.6) is 0 Å². The minimum absolute atomic E-state index is 0.252. The number of aromatic nitrogens is 1. The van der Waals surface area contributed by atoms with Crippen molar-refractivity contribution in [2.75, 3.05) is 20.1 Å². The van der Waals surface area contributed by atoms with Gasteiger partial charge >= 0.3 is 0 Å². The predicted molar refractivity (Wildman–Crippen MR) is 78.7 cm³/mol. The van der Waals surface area contributed by atoms with Crippen LogP contribution in [0.1, 0.15) is 47.4 Å². The quantitative estimate of drug-likeness (QED) is 0.762. The minimum Gasteiger partial charge on any atom is -0.351 e. The molecule has 3 nitrogen and oxygen atoms in total. The highest BCUT2D eigenvalue weighted by Gasteiger charge is 2.20. The lowest BCUT2D eigenvalue weighted by molar-refractivity contribution is 0.0937. The molecule has 0 atom stereocenters. The Kier molecular flexibility index (Phi) is 4.46. The van der Waals surface area contributed by atoms with E-state index in [2.05, 4.69) is 16.5 Å². The fraction of sp³-hybridized carbons (Fsp3) is 0.688. The second kappa shape index (κ2) is 5.91. The maximum atomic E-state index is 12.4. The number of likely N-dealkylation sites (N-methyl/N-ethyl adjacent to an activating group) is 1. The number of nitrogens with zero attached hydrogens (tertiary/aromatic N) is 2. The zero-order chi connectivity index (χ0) is 14.0. The summed E-state index contributed by atoms with van der Waals surface area (Å²) in [5, 5.41) is 0. The van der Waals surface area contributed by atoms with Gasteiger partial charge in [-0.05, 0) is 45.7 Å². The predicted octanol–water partition coefficient (Wildman–Crippen LogP) is 2.95. The van der Waals surface area contributed by atoms with Crippen molar-refractivity contribution in [1.29, 1.82) is 0 Å². The molecule has 2 rings (SSSR count). The lowest BCUT2D eigenvalue weighted by Crippen LogP contribution is -2.30. The molecule has 3 heteroatoms. The van der Waals surface area contributed by atoms with Gasteiger partial charge in [0.15, 0.2) is 5.78 Å². The van der Waals surface area contributed by atoms with E-state index in [1.54, 1.807) is 0 Å². The first-order valence-corrected chi connectivity index (χ1v) is 7.33. The first kappa shape index (κ1) is 14.3. The number of aryl methyl sites for hydroxylation is 1. The third-order valence-corrected chi connectivity index (χ3v) is 4.53. The van der Waals surface area contributed by atoms with Crippen LogP contribution >= 0.6 is 0 Å². The summed E-state index contributed by atoms with van der Waals surface area (Å²) in [4.78, 5) is 14.6. The number of rotatable bonds is 5. The van der Waals surface area contributed by atoms with Crippen molar-refractivity contribution in [3.63, 3.8) is 0 Å². The second-order valence-electron chi connectivity index (χ2n) is 6.11. The average molecular weight is 262 g/mol. The average Bonchev–Trinajstić information content (AvgIpc) is 2.93. The molecule has 0 amide bonds. The standard InChI is InChI=1S/C16H26N2O/c1-12-9-15(13(2)18(12)4)16(19)11-17(3)10-14-7-5-6-8-14/h9,14H,5-8,10-11H2,1-4H3. The van der Waals surface area contributed by atoms with Crippen LogP contribution < -0.4 is 0 Å². The monoisotopic (exact) mass is 262 g/mol. The zero-order valence-corrected chi connectivity index (χ0v) is 12.7. The van der Waals surface area contributed by atoms with E-state index in [-0.39, 0.29) is 5.78 Å². The summed E-state index contributed by atoms with van der Waals surface area (Å²) in [6.07, 6.45) is 5.40. The van der Waals surface area contributed by atoms with Crippen molar-refractivity contribution in [3.05, 3.63) is 23.0 Å². The summed E-state index contributed by atoms with van der Waals surface area (Å²) in [6, 6.07) is 2.01. The molecule has 1 fully saturated rings.